The van der Waals surface area contributed by atoms with E-state index in [9.17, 15) is 13.2 Å². The van der Waals surface area contributed by atoms with Crippen LogP contribution in [0.1, 0.15) is 29.9 Å². The molecule has 0 amide bonds. The van der Waals surface area contributed by atoms with Crippen LogP contribution in [0.3, 0.4) is 0 Å². The lowest BCUT2D eigenvalue weighted by molar-refractivity contribution is 0.101. The van der Waals surface area contributed by atoms with Gasteiger partial charge in [0.25, 0.3) is 0 Å². The highest BCUT2D eigenvalue weighted by atomic mass is 35.5. The molecule has 1 heterocycles. The van der Waals surface area contributed by atoms with E-state index in [1.165, 1.54) is 0 Å². The molecule has 1 aliphatic carbocycles. The van der Waals surface area contributed by atoms with E-state index in [4.69, 9.17) is 11.6 Å². The van der Waals surface area contributed by atoms with Gasteiger partial charge in [0.1, 0.15) is 0 Å². The Bertz CT molecular complexity index is 1040. The molecule has 0 spiro atoms. The number of aromatic nitrogens is 1. The summed E-state index contributed by atoms with van der Waals surface area (Å²) in [5.41, 5.74) is 0.0250. The molecule has 0 bridgehead atoms. The molecule has 28 heavy (non-hydrogen) atoms. The SMILES string of the molecule is CC1(NS(C)(=O)=O)C=C(Cl)C(C)(Cc2ccc[nH]2)C(C(=O)c2ccccc2)=C1. The summed E-state index contributed by atoms with van der Waals surface area (Å²) in [4.78, 5) is 16.6. The highest BCUT2D eigenvalue weighted by Gasteiger charge is 2.43. The average molecular weight is 419 g/mol. The van der Waals surface area contributed by atoms with E-state index < -0.39 is 21.0 Å². The Balaban J connectivity index is 2.13. The number of sulfonamides is 1. The Hall–Kier alpha value is -2.15. The normalized spacial score (nSPS) is 25.1. The zero-order valence-electron chi connectivity index (χ0n) is 16.0. The molecular formula is C21H23ClN2O3S. The third-order valence-electron chi connectivity index (χ3n) is 4.88. The highest BCUT2D eigenvalue weighted by molar-refractivity contribution is 7.88. The number of halogens is 1. The monoisotopic (exact) mass is 418 g/mol. The molecule has 7 heteroatoms. The summed E-state index contributed by atoms with van der Waals surface area (Å²) in [5, 5.41) is 0.419. The van der Waals surface area contributed by atoms with Crippen molar-refractivity contribution in [2.75, 3.05) is 6.26 Å². The van der Waals surface area contributed by atoms with Gasteiger partial charge in [-0.2, -0.15) is 0 Å². The molecule has 1 aliphatic rings. The first-order valence-corrected chi connectivity index (χ1v) is 11.1. The van der Waals surface area contributed by atoms with Gasteiger partial charge in [0.05, 0.1) is 11.8 Å². The van der Waals surface area contributed by atoms with Crippen LogP contribution in [0, 0.1) is 5.41 Å². The van der Waals surface area contributed by atoms with Gasteiger partial charge in [-0.1, -0.05) is 54.9 Å². The van der Waals surface area contributed by atoms with Gasteiger partial charge in [-0.05, 0) is 25.1 Å². The number of aromatic amines is 1. The lowest BCUT2D eigenvalue weighted by atomic mass is 9.69. The second kappa shape index (κ2) is 7.35. The van der Waals surface area contributed by atoms with Gasteiger partial charge < -0.3 is 4.98 Å². The molecule has 1 aromatic heterocycles. The number of Topliss-reactive ketones (excluding diaryl/α,β-unsaturated/α-hetero) is 1. The highest BCUT2D eigenvalue weighted by Crippen LogP contribution is 2.46. The van der Waals surface area contributed by atoms with Gasteiger partial charge in [-0.3, -0.25) is 4.79 Å². The number of H-pyrrole nitrogens is 1. The summed E-state index contributed by atoms with van der Waals surface area (Å²) >= 11 is 6.70. The van der Waals surface area contributed by atoms with Gasteiger partial charge in [-0.25, -0.2) is 13.1 Å². The van der Waals surface area contributed by atoms with E-state index in [0.29, 0.717) is 22.6 Å². The molecule has 5 nitrogen and oxygen atoms in total. The van der Waals surface area contributed by atoms with Crippen molar-refractivity contribution in [2.24, 2.45) is 5.41 Å². The fraction of sp³-hybridized carbons (Fsp3) is 0.286. The summed E-state index contributed by atoms with van der Waals surface area (Å²) in [6.07, 6.45) is 6.73. The summed E-state index contributed by atoms with van der Waals surface area (Å²) in [5.74, 6) is -0.178. The summed E-state index contributed by atoms with van der Waals surface area (Å²) in [6.45, 7) is 3.59. The Morgan fingerprint density at radius 1 is 1.11 bits per heavy atom. The maximum Gasteiger partial charge on any atom is 0.209 e. The summed E-state index contributed by atoms with van der Waals surface area (Å²) in [7, 11) is -3.52. The van der Waals surface area contributed by atoms with Gasteiger partial charge >= 0.3 is 0 Å². The van der Waals surface area contributed by atoms with Crippen molar-refractivity contribution in [3.8, 4) is 0 Å². The van der Waals surface area contributed by atoms with Crippen LogP contribution in [0.15, 0.2) is 71.4 Å². The third-order valence-corrected chi connectivity index (χ3v) is 6.22. The van der Waals surface area contributed by atoms with Crippen LogP contribution in [0.5, 0.6) is 0 Å². The topological polar surface area (TPSA) is 79.0 Å². The maximum atomic E-state index is 13.4. The number of hydrogen-bond acceptors (Lipinski definition) is 3. The van der Waals surface area contributed by atoms with E-state index in [1.54, 1.807) is 43.3 Å². The first kappa shape index (κ1) is 20.6. The van der Waals surface area contributed by atoms with Gasteiger partial charge in [-0.15, -0.1) is 0 Å². The smallest absolute Gasteiger partial charge is 0.209 e. The third kappa shape index (κ3) is 4.29. The second-order valence-corrected chi connectivity index (χ2v) is 9.76. The maximum absolute atomic E-state index is 13.4. The Morgan fingerprint density at radius 3 is 2.36 bits per heavy atom. The van der Waals surface area contributed by atoms with Crippen LogP contribution in [0.2, 0.25) is 0 Å². The minimum atomic E-state index is -3.52. The molecule has 2 N–H and O–H groups in total. The Labute approximate surface area is 170 Å². The molecule has 3 rings (SSSR count). The predicted octanol–water partition coefficient (Wildman–Crippen LogP) is 3.82. The van der Waals surface area contributed by atoms with Crippen molar-refractivity contribution in [3.63, 3.8) is 0 Å². The molecule has 1 aromatic carbocycles. The van der Waals surface area contributed by atoms with Crippen LogP contribution in [0.4, 0.5) is 0 Å². The number of hydrogen-bond donors (Lipinski definition) is 2. The van der Waals surface area contributed by atoms with E-state index in [-0.39, 0.29) is 5.78 Å². The lowest BCUT2D eigenvalue weighted by Gasteiger charge is -2.39. The van der Waals surface area contributed by atoms with Crippen LogP contribution in [0.25, 0.3) is 0 Å². The standard InChI is InChI=1S/C21H23ClN2O3S/c1-20(24-28(3,26)27)13-17(19(25)15-8-5-4-6-9-15)21(2,18(22)14-20)12-16-10-7-11-23-16/h4-11,13-14,23-24H,12H2,1-3H3. The summed E-state index contributed by atoms with van der Waals surface area (Å²) < 4.78 is 26.3. The molecule has 0 saturated carbocycles. The van der Waals surface area contributed by atoms with Gasteiger partial charge in [0.2, 0.25) is 10.0 Å². The molecule has 0 radical (unpaired) electrons. The number of benzene rings is 1. The quantitative estimate of drug-likeness (QED) is 0.700. The fourth-order valence-electron chi connectivity index (χ4n) is 3.61. The van der Waals surface area contributed by atoms with Crippen LogP contribution in [-0.4, -0.2) is 31.0 Å². The number of nitrogens with one attached hydrogen (secondary N) is 2. The van der Waals surface area contributed by atoms with Gasteiger partial charge in [0.15, 0.2) is 5.78 Å². The molecule has 2 unspecified atom stereocenters. The van der Waals surface area contributed by atoms with E-state index in [2.05, 4.69) is 9.71 Å². The molecule has 0 aliphatic heterocycles. The van der Waals surface area contributed by atoms with Crippen molar-refractivity contribution in [1.29, 1.82) is 0 Å². The molecular weight excluding hydrogens is 396 g/mol. The van der Waals surface area contributed by atoms with Crippen molar-refractivity contribution < 1.29 is 13.2 Å². The molecule has 0 saturated heterocycles. The van der Waals surface area contributed by atoms with Crippen LogP contribution < -0.4 is 4.72 Å². The van der Waals surface area contributed by atoms with Crippen LogP contribution >= 0.6 is 11.6 Å². The second-order valence-electron chi connectivity index (χ2n) is 7.61. The molecule has 2 aromatic rings. The minimum Gasteiger partial charge on any atom is -0.365 e. The number of ketones is 1. The van der Waals surface area contributed by atoms with E-state index >= 15 is 0 Å². The number of rotatable bonds is 6. The van der Waals surface area contributed by atoms with E-state index in [0.717, 1.165) is 11.9 Å². The van der Waals surface area contributed by atoms with Gasteiger partial charge in [0, 0.05) is 39.9 Å². The number of allylic oxidation sites excluding steroid dienone is 2. The number of carbonyl (C=O) groups is 1. The largest absolute Gasteiger partial charge is 0.365 e. The van der Waals surface area contributed by atoms with Crippen molar-refractivity contribution in [3.05, 3.63) is 82.7 Å². The Morgan fingerprint density at radius 2 is 1.79 bits per heavy atom. The molecule has 0 fully saturated rings. The van der Waals surface area contributed by atoms with E-state index in [1.807, 2.05) is 31.3 Å². The van der Waals surface area contributed by atoms with Crippen molar-refractivity contribution >= 4 is 27.4 Å². The average Bonchev–Trinajstić information content (AvgIpc) is 3.10. The lowest BCUT2D eigenvalue weighted by Crippen LogP contribution is -2.47. The van der Waals surface area contributed by atoms with Crippen molar-refractivity contribution in [1.82, 2.24) is 9.71 Å². The number of carbonyl (C=O) groups excluding carboxylic acids is 1. The molecule has 148 valence electrons. The predicted molar refractivity (Wildman–Crippen MR) is 112 cm³/mol. The summed E-state index contributed by atoms with van der Waals surface area (Å²) in [6, 6.07) is 12.7. The minimum absolute atomic E-state index is 0.178. The van der Waals surface area contributed by atoms with Crippen LogP contribution in [-0.2, 0) is 16.4 Å². The van der Waals surface area contributed by atoms with Crippen molar-refractivity contribution in [2.45, 2.75) is 25.8 Å². The molecule has 2 atom stereocenters. The fourth-order valence-corrected chi connectivity index (χ4v) is 4.92. The first-order chi connectivity index (χ1) is 13.0. The zero-order chi connectivity index (χ0) is 20.6. The first-order valence-electron chi connectivity index (χ1n) is 8.86. The Kier molecular flexibility index (Phi) is 5.40. The zero-order valence-corrected chi connectivity index (χ0v) is 17.6.